The summed E-state index contributed by atoms with van der Waals surface area (Å²) < 4.78 is 0. The van der Waals surface area contributed by atoms with Crippen LogP contribution >= 0.6 is 0 Å². The number of hydrogen-bond donors (Lipinski definition) is 1. The second kappa shape index (κ2) is 4.50. The van der Waals surface area contributed by atoms with E-state index in [0.29, 0.717) is 12.0 Å². The minimum Gasteiger partial charge on any atom is -0.353 e. The molecule has 1 aromatic heterocycles. The van der Waals surface area contributed by atoms with Crippen LogP contribution in [0.2, 0.25) is 0 Å². The third-order valence-electron chi connectivity index (χ3n) is 4.49. The van der Waals surface area contributed by atoms with Crippen LogP contribution in [0.3, 0.4) is 0 Å². The van der Waals surface area contributed by atoms with Gasteiger partial charge in [0, 0.05) is 37.4 Å². The van der Waals surface area contributed by atoms with Crippen molar-refractivity contribution in [3.8, 4) is 0 Å². The minimum absolute atomic E-state index is 0.464. The van der Waals surface area contributed by atoms with E-state index in [0.717, 1.165) is 43.0 Å². The maximum absolute atomic E-state index is 4.48. The molecule has 2 aliphatic rings. The minimum atomic E-state index is 0.464. The zero-order chi connectivity index (χ0) is 12.7. The van der Waals surface area contributed by atoms with E-state index in [2.05, 4.69) is 47.0 Å². The monoisotopic (exact) mass is 246 g/mol. The van der Waals surface area contributed by atoms with Crippen LogP contribution in [-0.2, 0) is 0 Å². The van der Waals surface area contributed by atoms with Crippen molar-refractivity contribution in [2.24, 2.45) is 11.8 Å². The average Bonchev–Trinajstić information content (AvgIpc) is 2.93. The Kier molecular flexibility index (Phi) is 2.98. The van der Waals surface area contributed by atoms with Crippen LogP contribution in [0.4, 0.5) is 5.82 Å². The summed E-state index contributed by atoms with van der Waals surface area (Å²) in [5.74, 6) is 3.14. The number of nitrogens with zero attached hydrogens (tertiary/aromatic N) is 3. The van der Waals surface area contributed by atoms with Crippen LogP contribution < -0.4 is 10.2 Å². The van der Waals surface area contributed by atoms with Gasteiger partial charge in [-0.1, -0.05) is 13.8 Å². The van der Waals surface area contributed by atoms with Crippen LogP contribution in [0.1, 0.15) is 32.4 Å². The Morgan fingerprint density at radius 3 is 2.89 bits per heavy atom. The van der Waals surface area contributed by atoms with E-state index < -0.39 is 0 Å². The van der Waals surface area contributed by atoms with Crippen LogP contribution in [-0.4, -0.2) is 35.6 Å². The summed E-state index contributed by atoms with van der Waals surface area (Å²) >= 11 is 0. The SMILES string of the molecule is CC(C)c1cc(N2CC3CNCC3C2C)ncn1. The smallest absolute Gasteiger partial charge is 0.132 e. The van der Waals surface area contributed by atoms with E-state index in [1.165, 1.54) is 0 Å². The van der Waals surface area contributed by atoms with Crippen molar-refractivity contribution in [1.82, 2.24) is 15.3 Å². The van der Waals surface area contributed by atoms with E-state index in [1.807, 2.05) is 0 Å². The average molecular weight is 246 g/mol. The predicted molar refractivity (Wildman–Crippen MR) is 72.8 cm³/mol. The lowest BCUT2D eigenvalue weighted by Gasteiger charge is -2.25. The first kappa shape index (κ1) is 11.9. The van der Waals surface area contributed by atoms with Gasteiger partial charge in [-0.25, -0.2) is 9.97 Å². The molecule has 4 nitrogen and oxygen atoms in total. The van der Waals surface area contributed by atoms with Gasteiger partial charge in [0.05, 0.1) is 0 Å². The molecule has 0 aliphatic carbocycles. The zero-order valence-electron chi connectivity index (χ0n) is 11.4. The number of anilines is 1. The molecule has 3 rings (SSSR count). The van der Waals surface area contributed by atoms with Crippen molar-refractivity contribution in [2.75, 3.05) is 24.5 Å². The second-order valence-electron chi connectivity index (χ2n) is 5.93. The van der Waals surface area contributed by atoms with Crippen LogP contribution in [0.15, 0.2) is 12.4 Å². The molecule has 1 N–H and O–H groups in total. The summed E-state index contributed by atoms with van der Waals surface area (Å²) in [5, 5.41) is 3.50. The molecular weight excluding hydrogens is 224 g/mol. The first-order valence-electron chi connectivity index (χ1n) is 6.96. The highest BCUT2D eigenvalue weighted by Gasteiger charge is 2.42. The molecule has 0 bridgehead atoms. The van der Waals surface area contributed by atoms with E-state index in [9.17, 15) is 0 Å². The molecule has 1 aromatic rings. The Morgan fingerprint density at radius 1 is 1.33 bits per heavy atom. The summed E-state index contributed by atoms with van der Waals surface area (Å²) in [6, 6.07) is 2.75. The highest BCUT2D eigenvalue weighted by molar-refractivity contribution is 5.43. The molecule has 0 saturated carbocycles. The Morgan fingerprint density at radius 2 is 2.17 bits per heavy atom. The lowest BCUT2D eigenvalue weighted by molar-refractivity contribution is 0.471. The number of hydrogen-bond acceptors (Lipinski definition) is 4. The van der Waals surface area contributed by atoms with Gasteiger partial charge in [0.1, 0.15) is 12.1 Å². The Labute approximate surface area is 109 Å². The lowest BCUT2D eigenvalue weighted by atomic mass is 9.95. The number of aromatic nitrogens is 2. The molecule has 0 amide bonds. The van der Waals surface area contributed by atoms with Crippen LogP contribution in [0.5, 0.6) is 0 Å². The summed E-state index contributed by atoms with van der Waals surface area (Å²) in [7, 11) is 0. The fourth-order valence-electron chi connectivity index (χ4n) is 3.30. The molecule has 2 saturated heterocycles. The van der Waals surface area contributed by atoms with Gasteiger partial charge in [0.25, 0.3) is 0 Å². The van der Waals surface area contributed by atoms with Crippen molar-refractivity contribution < 1.29 is 0 Å². The quantitative estimate of drug-likeness (QED) is 0.861. The Balaban J connectivity index is 1.85. The molecule has 0 radical (unpaired) electrons. The molecule has 3 heterocycles. The Bertz CT molecular complexity index is 432. The van der Waals surface area contributed by atoms with Crippen molar-refractivity contribution in [1.29, 1.82) is 0 Å². The van der Waals surface area contributed by atoms with Crippen LogP contribution in [0, 0.1) is 11.8 Å². The summed E-state index contributed by atoms with van der Waals surface area (Å²) in [5.41, 5.74) is 1.14. The topological polar surface area (TPSA) is 41.0 Å². The summed E-state index contributed by atoms with van der Waals surface area (Å²) in [4.78, 5) is 11.3. The summed E-state index contributed by atoms with van der Waals surface area (Å²) in [6.45, 7) is 10.1. The Hall–Kier alpha value is -1.16. The number of rotatable bonds is 2. The third-order valence-corrected chi connectivity index (χ3v) is 4.49. The third kappa shape index (κ3) is 1.88. The number of nitrogens with one attached hydrogen (secondary N) is 1. The maximum atomic E-state index is 4.48. The van der Waals surface area contributed by atoms with Gasteiger partial charge in [-0.2, -0.15) is 0 Å². The number of fused-ring (bicyclic) bond motifs is 1. The van der Waals surface area contributed by atoms with Crippen LogP contribution in [0.25, 0.3) is 0 Å². The molecule has 2 aliphatic heterocycles. The van der Waals surface area contributed by atoms with Gasteiger partial charge in [0.15, 0.2) is 0 Å². The van der Waals surface area contributed by atoms with Gasteiger partial charge in [0.2, 0.25) is 0 Å². The molecule has 4 heteroatoms. The maximum Gasteiger partial charge on any atom is 0.132 e. The highest BCUT2D eigenvalue weighted by Crippen LogP contribution is 2.35. The molecule has 18 heavy (non-hydrogen) atoms. The van der Waals surface area contributed by atoms with Crippen molar-refractivity contribution >= 4 is 5.82 Å². The first-order valence-corrected chi connectivity index (χ1v) is 6.96. The molecule has 98 valence electrons. The van der Waals surface area contributed by atoms with Crippen molar-refractivity contribution in [3.05, 3.63) is 18.1 Å². The zero-order valence-corrected chi connectivity index (χ0v) is 11.4. The molecule has 0 aromatic carbocycles. The fourth-order valence-corrected chi connectivity index (χ4v) is 3.30. The van der Waals surface area contributed by atoms with Crippen molar-refractivity contribution in [2.45, 2.75) is 32.7 Å². The van der Waals surface area contributed by atoms with Crippen molar-refractivity contribution in [3.63, 3.8) is 0 Å². The molecule has 2 fully saturated rings. The standard InChI is InChI=1S/C14H22N4/c1-9(2)13-4-14(17-8-16-13)18-7-11-5-15-6-12(11)10(18)3/h4,8-12,15H,5-7H2,1-3H3. The molecule has 3 unspecified atom stereocenters. The summed E-state index contributed by atoms with van der Waals surface area (Å²) in [6.07, 6.45) is 1.71. The molecular formula is C14H22N4. The largest absolute Gasteiger partial charge is 0.353 e. The van der Waals surface area contributed by atoms with Gasteiger partial charge in [-0.05, 0) is 24.7 Å². The normalized spacial score (nSPS) is 31.1. The van der Waals surface area contributed by atoms with Gasteiger partial charge >= 0.3 is 0 Å². The van der Waals surface area contributed by atoms with Gasteiger partial charge in [-0.3, -0.25) is 0 Å². The lowest BCUT2D eigenvalue weighted by Crippen LogP contribution is -2.33. The molecule has 3 atom stereocenters. The fraction of sp³-hybridized carbons (Fsp3) is 0.714. The van der Waals surface area contributed by atoms with E-state index in [4.69, 9.17) is 0 Å². The van der Waals surface area contributed by atoms with E-state index in [1.54, 1.807) is 6.33 Å². The predicted octanol–water partition coefficient (Wildman–Crippen LogP) is 1.64. The highest BCUT2D eigenvalue weighted by atomic mass is 15.3. The van der Waals surface area contributed by atoms with Gasteiger partial charge < -0.3 is 10.2 Å². The first-order chi connectivity index (χ1) is 8.66. The van der Waals surface area contributed by atoms with Gasteiger partial charge in [-0.15, -0.1) is 0 Å². The second-order valence-corrected chi connectivity index (χ2v) is 5.93. The van der Waals surface area contributed by atoms with E-state index in [-0.39, 0.29) is 0 Å². The molecule has 0 spiro atoms. The van der Waals surface area contributed by atoms with E-state index >= 15 is 0 Å².